The van der Waals surface area contributed by atoms with Gasteiger partial charge in [-0.15, -0.1) is 0 Å². The number of carbonyl (C=O) groups is 1. The fourth-order valence-electron chi connectivity index (χ4n) is 5.04. The number of carbonyl (C=O) groups excluding carboxylic acids is 1. The van der Waals surface area contributed by atoms with Crippen molar-refractivity contribution in [2.45, 2.75) is 37.8 Å². The second-order valence-corrected chi connectivity index (χ2v) is 8.46. The third-order valence-electron chi connectivity index (χ3n) is 6.61. The molecule has 146 valence electrons. The normalized spacial score (nSPS) is 25.3. The van der Waals surface area contributed by atoms with Gasteiger partial charge in [0.1, 0.15) is 11.9 Å². The van der Waals surface area contributed by atoms with Gasteiger partial charge in [0.15, 0.2) is 0 Å². The molecule has 2 fully saturated rings. The molecule has 1 aromatic carbocycles. The van der Waals surface area contributed by atoms with Gasteiger partial charge in [-0.1, -0.05) is 25.0 Å². The van der Waals surface area contributed by atoms with Crippen molar-refractivity contribution in [1.82, 2.24) is 14.8 Å². The Bertz CT molecular complexity index is 863. The molecule has 1 saturated heterocycles. The Balaban J connectivity index is 1.41. The van der Waals surface area contributed by atoms with Gasteiger partial charge in [-0.25, -0.2) is 0 Å². The Kier molecular flexibility index (Phi) is 4.55. The number of fused-ring (bicyclic) bond motifs is 2. The van der Waals surface area contributed by atoms with Crippen molar-refractivity contribution in [3.05, 3.63) is 48.3 Å². The molecule has 5 heteroatoms. The van der Waals surface area contributed by atoms with Gasteiger partial charge < -0.3 is 9.64 Å². The van der Waals surface area contributed by atoms with Gasteiger partial charge in [0.05, 0.1) is 11.6 Å². The van der Waals surface area contributed by atoms with Crippen LogP contribution in [0, 0.1) is 5.92 Å². The molecule has 1 saturated carbocycles. The summed E-state index contributed by atoms with van der Waals surface area (Å²) in [5.41, 5.74) is 2.72. The van der Waals surface area contributed by atoms with Gasteiger partial charge in [-0.05, 0) is 42.5 Å². The smallest absolute Gasteiger partial charge is 0.257 e. The Hall–Kier alpha value is -2.40. The van der Waals surface area contributed by atoms with Crippen molar-refractivity contribution >= 4 is 5.91 Å². The van der Waals surface area contributed by atoms with Crippen LogP contribution in [-0.4, -0.2) is 59.5 Å². The first kappa shape index (κ1) is 17.7. The molecule has 0 N–H and O–H groups in total. The molecule has 2 atom stereocenters. The molecule has 1 amide bonds. The van der Waals surface area contributed by atoms with Crippen molar-refractivity contribution in [2.24, 2.45) is 5.92 Å². The van der Waals surface area contributed by atoms with E-state index in [1.165, 1.54) is 25.7 Å². The lowest BCUT2D eigenvalue weighted by molar-refractivity contribution is 0.0682. The molecule has 1 aromatic heterocycles. The van der Waals surface area contributed by atoms with E-state index in [4.69, 9.17) is 4.74 Å². The molecule has 2 unspecified atom stereocenters. The van der Waals surface area contributed by atoms with Crippen LogP contribution < -0.4 is 4.74 Å². The van der Waals surface area contributed by atoms with E-state index in [9.17, 15) is 4.79 Å². The number of pyridine rings is 1. The zero-order valence-electron chi connectivity index (χ0n) is 16.4. The van der Waals surface area contributed by atoms with Crippen molar-refractivity contribution in [3.63, 3.8) is 0 Å². The molecule has 3 aliphatic rings. The summed E-state index contributed by atoms with van der Waals surface area (Å²) in [4.78, 5) is 21.7. The molecule has 5 rings (SSSR count). The Labute approximate surface area is 166 Å². The predicted octanol–water partition coefficient (Wildman–Crippen LogP) is 3.46. The van der Waals surface area contributed by atoms with E-state index in [1.54, 1.807) is 6.20 Å². The third-order valence-corrected chi connectivity index (χ3v) is 6.61. The molecule has 1 aliphatic carbocycles. The molecule has 0 spiro atoms. The number of likely N-dealkylation sites (N-methyl/N-ethyl adjacent to an activating group) is 1. The van der Waals surface area contributed by atoms with Gasteiger partial charge in [-0.2, -0.15) is 0 Å². The third kappa shape index (κ3) is 3.18. The summed E-state index contributed by atoms with van der Waals surface area (Å²) >= 11 is 0. The van der Waals surface area contributed by atoms with E-state index in [1.807, 2.05) is 48.5 Å². The highest BCUT2D eigenvalue weighted by Crippen LogP contribution is 2.35. The summed E-state index contributed by atoms with van der Waals surface area (Å²) < 4.78 is 6.45. The summed E-state index contributed by atoms with van der Waals surface area (Å²) in [6.07, 6.45) is 9.06. The fourth-order valence-corrected chi connectivity index (χ4v) is 5.04. The van der Waals surface area contributed by atoms with Crippen LogP contribution in [0.1, 0.15) is 36.0 Å². The van der Waals surface area contributed by atoms with Crippen LogP contribution in [0.15, 0.2) is 42.7 Å². The lowest BCUT2D eigenvalue weighted by Crippen LogP contribution is -2.44. The van der Waals surface area contributed by atoms with Crippen molar-refractivity contribution in [3.8, 4) is 16.9 Å². The minimum absolute atomic E-state index is 0.0285. The number of aromatic nitrogens is 1. The SMILES string of the molecule is CN1C(=O)c2ccc(-c3cccnc3)cc2OC2CN(CC3CCCC3)CC21. The van der Waals surface area contributed by atoms with Gasteiger partial charge in [0.25, 0.3) is 5.91 Å². The van der Waals surface area contributed by atoms with Gasteiger partial charge >= 0.3 is 0 Å². The number of benzene rings is 1. The fraction of sp³-hybridized carbons (Fsp3) is 0.478. The summed E-state index contributed by atoms with van der Waals surface area (Å²) in [6, 6.07) is 9.95. The lowest BCUT2D eigenvalue weighted by atomic mass is 10.0. The summed E-state index contributed by atoms with van der Waals surface area (Å²) in [5, 5.41) is 0. The van der Waals surface area contributed by atoms with Crippen LogP contribution >= 0.6 is 0 Å². The maximum absolute atomic E-state index is 13.1. The molecular weight excluding hydrogens is 350 g/mol. The zero-order valence-corrected chi connectivity index (χ0v) is 16.4. The highest BCUT2D eigenvalue weighted by molar-refractivity contribution is 5.98. The van der Waals surface area contributed by atoms with Crippen LogP contribution in [0.5, 0.6) is 5.75 Å². The Morgan fingerprint density at radius 2 is 2.00 bits per heavy atom. The Morgan fingerprint density at radius 1 is 1.14 bits per heavy atom. The van der Waals surface area contributed by atoms with Gasteiger partial charge in [-0.3, -0.25) is 14.7 Å². The topological polar surface area (TPSA) is 45.7 Å². The first-order valence-electron chi connectivity index (χ1n) is 10.4. The summed E-state index contributed by atoms with van der Waals surface area (Å²) in [6.45, 7) is 2.95. The van der Waals surface area contributed by atoms with Crippen LogP contribution in [0.25, 0.3) is 11.1 Å². The van der Waals surface area contributed by atoms with Crippen LogP contribution in [0.3, 0.4) is 0 Å². The van der Waals surface area contributed by atoms with E-state index in [-0.39, 0.29) is 18.1 Å². The number of amides is 1. The second-order valence-electron chi connectivity index (χ2n) is 8.46. The lowest BCUT2D eigenvalue weighted by Gasteiger charge is -2.25. The van der Waals surface area contributed by atoms with Crippen LogP contribution in [0.2, 0.25) is 0 Å². The quantitative estimate of drug-likeness (QED) is 0.822. The number of nitrogens with zero attached hydrogens (tertiary/aromatic N) is 3. The van der Waals surface area contributed by atoms with E-state index < -0.39 is 0 Å². The monoisotopic (exact) mass is 377 g/mol. The van der Waals surface area contributed by atoms with Gasteiger partial charge in [0.2, 0.25) is 0 Å². The predicted molar refractivity (Wildman–Crippen MR) is 108 cm³/mol. The first-order valence-corrected chi connectivity index (χ1v) is 10.4. The minimum atomic E-state index is 0.0285. The molecule has 2 aliphatic heterocycles. The summed E-state index contributed by atoms with van der Waals surface area (Å²) in [5.74, 6) is 1.57. The molecule has 2 aromatic rings. The maximum atomic E-state index is 13.1. The van der Waals surface area contributed by atoms with E-state index in [0.717, 1.165) is 36.7 Å². The van der Waals surface area contributed by atoms with E-state index in [2.05, 4.69) is 9.88 Å². The average molecular weight is 377 g/mol. The first-order chi connectivity index (χ1) is 13.7. The van der Waals surface area contributed by atoms with Crippen molar-refractivity contribution in [1.29, 1.82) is 0 Å². The number of ether oxygens (including phenoxy) is 1. The molecule has 0 radical (unpaired) electrons. The zero-order chi connectivity index (χ0) is 19.1. The molecule has 5 nitrogen and oxygen atoms in total. The highest BCUT2D eigenvalue weighted by Gasteiger charge is 2.42. The van der Waals surface area contributed by atoms with Crippen LogP contribution in [0.4, 0.5) is 0 Å². The molecule has 0 bridgehead atoms. The van der Waals surface area contributed by atoms with Crippen molar-refractivity contribution < 1.29 is 9.53 Å². The molecule has 3 heterocycles. The second kappa shape index (κ2) is 7.21. The van der Waals surface area contributed by atoms with Crippen LogP contribution in [-0.2, 0) is 0 Å². The van der Waals surface area contributed by atoms with E-state index in [0.29, 0.717) is 11.3 Å². The number of hydrogen-bond acceptors (Lipinski definition) is 4. The number of rotatable bonds is 3. The minimum Gasteiger partial charge on any atom is -0.486 e. The standard InChI is InChI=1S/C23H27N3O2/c1-25-20-14-26(13-16-5-2-3-6-16)15-22(20)28-21-11-17(8-9-19(21)23(25)27)18-7-4-10-24-12-18/h4,7-12,16,20,22H,2-3,5-6,13-15H2,1H3. The van der Waals surface area contributed by atoms with Gasteiger partial charge in [0, 0.05) is 44.6 Å². The average Bonchev–Trinajstić information content (AvgIpc) is 3.36. The number of hydrogen-bond donors (Lipinski definition) is 0. The van der Waals surface area contributed by atoms with Crippen molar-refractivity contribution in [2.75, 3.05) is 26.7 Å². The Morgan fingerprint density at radius 3 is 2.79 bits per heavy atom. The highest BCUT2D eigenvalue weighted by atomic mass is 16.5. The molecular formula is C23H27N3O2. The van der Waals surface area contributed by atoms with E-state index >= 15 is 0 Å². The number of likely N-dealkylation sites (tertiary alicyclic amines) is 1. The summed E-state index contributed by atoms with van der Waals surface area (Å²) in [7, 11) is 1.92. The largest absolute Gasteiger partial charge is 0.486 e. The molecule has 28 heavy (non-hydrogen) atoms. The maximum Gasteiger partial charge on any atom is 0.257 e.